The van der Waals surface area contributed by atoms with Crippen LogP contribution in [0.15, 0.2) is 47.2 Å². The summed E-state index contributed by atoms with van der Waals surface area (Å²) in [5.74, 6) is 0.449. The van der Waals surface area contributed by atoms with E-state index in [2.05, 4.69) is 18.0 Å². The number of carbonyl (C=O) groups excluding carboxylic acids is 2. The number of aryl methyl sites for hydroxylation is 1. The van der Waals surface area contributed by atoms with E-state index in [1.807, 2.05) is 18.3 Å². The number of rotatable bonds is 5. The van der Waals surface area contributed by atoms with Gasteiger partial charge < -0.3 is 19.2 Å². The van der Waals surface area contributed by atoms with E-state index in [0.29, 0.717) is 25.4 Å². The minimum absolute atomic E-state index is 0.0749. The van der Waals surface area contributed by atoms with Crippen molar-refractivity contribution in [3.63, 3.8) is 0 Å². The second-order valence-electron chi connectivity index (χ2n) is 7.02. The number of piperazine rings is 1. The second kappa shape index (κ2) is 7.40. The van der Waals surface area contributed by atoms with Gasteiger partial charge in [0.25, 0.3) is 5.91 Å². The second-order valence-corrected chi connectivity index (χ2v) is 7.02. The van der Waals surface area contributed by atoms with Crippen LogP contribution < -0.4 is 4.90 Å². The van der Waals surface area contributed by atoms with E-state index < -0.39 is 0 Å². The van der Waals surface area contributed by atoms with Crippen LogP contribution in [0.25, 0.3) is 10.9 Å². The number of Topliss-reactive ketones (excluding diaryl/α,β-unsaturated/α-hetero) is 1. The van der Waals surface area contributed by atoms with Gasteiger partial charge in [0.2, 0.25) is 5.78 Å². The number of benzene rings is 1. The van der Waals surface area contributed by atoms with Gasteiger partial charge in [0, 0.05) is 22.7 Å². The number of ketones is 1. The van der Waals surface area contributed by atoms with E-state index in [4.69, 9.17) is 4.42 Å². The Balaban J connectivity index is 1.39. The van der Waals surface area contributed by atoms with E-state index in [0.717, 1.165) is 36.0 Å². The molecule has 0 unspecified atom stereocenters. The molecule has 1 aliphatic rings. The maximum Gasteiger partial charge on any atom is 0.289 e. The molecular weight excluding hydrogens is 342 g/mol. The van der Waals surface area contributed by atoms with Crippen LogP contribution in [0.4, 0.5) is 0 Å². The SMILES string of the molecule is CCc1cccc2c(C(=O)C[NH+]3CCN(C(=O)c4ccco4)CC3)c[nH]c12. The summed E-state index contributed by atoms with van der Waals surface area (Å²) >= 11 is 0. The van der Waals surface area contributed by atoms with E-state index in [-0.39, 0.29) is 11.7 Å². The van der Waals surface area contributed by atoms with E-state index >= 15 is 0 Å². The number of aromatic nitrogens is 1. The Kier molecular flexibility index (Phi) is 4.81. The summed E-state index contributed by atoms with van der Waals surface area (Å²) in [6, 6.07) is 9.52. The Hall–Kier alpha value is -2.86. The lowest BCUT2D eigenvalue weighted by Gasteiger charge is -2.31. The highest BCUT2D eigenvalue weighted by Gasteiger charge is 2.28. The summed E-state index contributed by atoms with van der Waals surface area (Å²) in [6.45, 7) is 5.37. The van der Waals surface area contributed by atoms with Gasteiger partial charge in [-0.1, -0.05) is 25.1 Å². The fourth-order valence-corrected chi connectivity index (χ4v) is 3.82. The Morgan fingerprint density at radius 3 is 2.70 bits per heavy atom. The molecule has 1 fully saturated rings. The maximum absolute atomic E-state index is 12.9. The highest BCUT2D eigenvalue weighted by molar-refractivity contribution is 6.08. The first-order valence-electron chi connectivity index (χ1n) is 9.46. The predicted octanol–water partition coefficient (Wildman–Crippen LogP) is 1.55. The molecule has 0 aliphatic carbocycles. The molecule has 3 heterocycles. The summed E-state index contributed by atoms with van der Waals surface area (Å²) < 4.78 is 5.19. The number of nitrogens with one attached hydrogen (secondary N) is 2. The van der Waals surface area contributed by atoms with Crippen molar-refractivity contribution in [3.8, 4) is 0 Å². The maximum atomic E-state index is 12.9. The summed E-state index contributed by atoms with van der Waals surface area (Å²) in [5.41, 5.74) is 3.05. The van der Waals surface area contributed by atoms with Crippen LogP contribution in [0.2, 0.25) is 0 Å². The Bertz CT molecular complexity index is 950. The average Bonchev–Trinajstić information content (AvgIpc) is 3.37. The number of para-hydroxylation sites is 1. The molecule has 6 heteroatoms. The fourth-order valence-electron chi connectivity index (χ4n) is 3.82. The number of hydrogen-bond acceptors (Lipinski definition) is 3. The van der Waals surface area contributed by atoms with Crippen LogP contribution in [-0.4, -0.2) is 54.3 Å². The summed E-state index contributed by atoms with van der Waals surface area (Å²) in [4.78, 5) is 31.5. The molecule has 1 saturated heterocycles. The summed E-state index contributed by atoms with van der Waals surface area (Å²) in [7, 11) is 0. The van der Waals surface area contributed by atoms with Crippen molar-refractivity contribution in [3.05, 3.63) is 59.7 Å². The van der Waals surface area contributed by atoms with Gasteiger partial charge in [-0.05, 0) is 24.1 Å². The fraction of sp³-hybridized carbons (Fsp3) is 0.333. The minimum atomic E-state index is -0.0749. The molecule has 1 aliphatic heterocycles. The van der Waals surface area contributed by atoms with Crippen LogP contribution in [0.3, 0.4) is 0 Å². The molecule has 0 saturated carbocycles. The molecule has 0 radical (unpaired) electrons. The van der Waals surface area contributed by atoms with Crippen molar-refractivity contribution < 1.29 is 18.9 Å². The zero-order valence-electron chi connectivity index (χ0n) is 15.5. The number of H-pyrrole nitrogens is 1. The summed E-state index contributed by atoms with van der Waals surface area (Å²) in [6.07, 6.45) is 4.28. The largest absolute Gasteiger partial charge is 0.459 e. The van der Waals surface area contributed by atoms with Crippen molar-refractivity contribution >= 4 is 22.6 Å². The zero-order chi connectivity index (χ0) is 18.8. The number of furan rings is 1. The van der Waals surface area contributed by atoms with Gasteiger partial charge in [-0.25, -0.2) is 0 Å². The number of nitrogens with zero attached hydrogens (tertiary/aromatic N) is 1. The van der Waals surface area contributed by atoms with Gasteiger partial charge in [-0.3, -0.25) is 9.59 Å². The number of amides is 1. The molecule has 140 valence electrons. The topological polar surface area (TPSA) is 70.8 Å². The lowest BCUT2D eigenvalue weighted by molar-refractivity contribution is -0.895. The van der Waals surface area contributed by atoms with Crippen molar-refractivity contribution in [2.45, 2.75) is 13.3 Å². The van der Waals surface area contributed by atoms with Gasteiger partial charge in [0.1, 0.15) is 6.54 Å². The number of carbonyl (C=O) groups is 2. The highest BCUT2D eigenvalue weighted by atomic mass is 16.3. The third kappa shape index (κ3) is 3.40. The van der Waals surface area contributed by atoms with Gasteiger partial charge >= 0.3 is 0 Å². The first-order chi connectivity index (χ1) is 13.2. The third-order valence-corrected chi connectivity index (χ3v) is 5.38. The van der Waals surface area contributed by atoms with Crippen molar-refractivity contribution in [2.24, 2.45) is 0 Å². The zero-order valence-corrected chi connectivity index (χ0v) is 15.5. The van der Waals surface area contributed by atoms with Crippen molar-refractivity contribution in [1.29, 1.82) is 0 Å². The van der Waals surface area contributed by atoms with Gasteiger partial charge in [-0.2, -0.15) is 0 Å². The summed E-state index contributed by atoms with van der Waals surface area (Å²) in [5, 5.41) is 1.00. The van der Waals surface area contributed by atoms with E-state index in [9.17, 15) is 9.59 Å². The normalized spacial score (nSPS) is 15.4. The molecular formula is C21H24N3O3+. The Labute approximate surface area is 157 Å². The quantitative estimate of drug-likeness (QED) is 0.673. The minimum Gasteiger partial charge on any atom is -0.459 e. The number of aromatic amines is 1. The molecule has 2 N–H and O–H groups in total. The van der Waals surface area contributed by atoms with Crippen LogP contribution in [0.5, 0.6) is 0 Å². The van der Waals surface area contributed by atoms with Gasteiger partial charge in [-0.15, -0.1) is 0 Å². The average molecular weight is 366 g/mol. The molecule has 27 heavy (non-hydrogen) atoms. The molecule has 3 aromatic rings. The van der Waals surface area contributed by atoms with Crippen LogP contribution in [-0.2, 0) is 6.42 Å². The van der Waals surface area contributed by atoms with Gasteiger partial charge in [0.05, 0.1) is 32.4 Å². The Morgan fingerprint density at radius 1 is 1.19 bits per heavy atom. The monoisotopic (exact) mass is 366 g/mol. The van der Waals surface area contributed by atoms with E-state index in [1.54, 1.807) is 17.0 Å². The van der Waals surface area contributed by atoms with Crippen LogP contribution in [0, 0.1) is 0 Å². The third-order valence-electron chi connectivity index (χ3n) is 5.38. The van der Waals surface area contributed by atoms with Crippen molar-refractivity contribution in [1.82, 2.24) is 9.88 Å². The first-order valence-corrected chi connectivity index (χ1v) is 9.46. The lowest BCUT2D eigenvalue weighted by atomic mass is 10.0. The lowest BCUT2D eigenvalue weighted by Crippen LogP contribution is -3.15. The molecule has 4 rings (SSSR count). The molecule has 0 spiro atoms. The molecule has 0 bridgehead atoms. The van der Waals surface area contributed by atoms with Crippen molar-refractivity contribution in [2.75, 3.05) is 32.7 Å². The first kappa shape index (κ1) is 17.5. The predicted molar refractivity (Wildman–Crippen MR) is 102 cm³/mol. The number of hydrogen-bond donors (Lipinski definition) is 2. The van der Waals surface area contributed by atoms with Crippen LogP contribution >= 0.6 is 0 Å². The number of fused-ring (bicyclic) bond motifs is 1. The highest BCUT2D eigenvalue weighted by Crippen LogP contribution is 2.22. The molecule has 1 aromatic carbocycles. The van der Waals surface area contributed by atoms with Crippen LogP contribution in [0.1, 0.15) is 33.4 Å². The van der Waals surface area contributed by atoms with Gasteiger partial charge in [0.15, 0.2) is 5.76 Å². The molecule has 2 aromatic heterocycles. The molecule has 1 amide bonds. The molecule has 6 nitrogen and oxygen atoms in total. The standard InChI is InChI=1S/C21H23N3O3/c1-2-15-5-3-6-16-17(13-22-20(15)16)18(25)14-23-8-10-24(11-9-23)21(26)19-7-4-12-27-19/h3-7,12-13,22H,2,8-11,14H2,1H3/p+1. The Morgan fingerprint density at radius 2 is 2.00 bits per heavy atom. The molecule has 0 atom stereocenters. The van der Waals surface area contributed by atoms with E-state index in [1.165, 1.54) is 16.7 Å². The smallest absolute Gasteiger partial charge is 0.289 e. The number of quaternary nitrogens is 1.